The van der Waals surface area contributed by atoms with Crippen molar-refractivity contribution < 1.29 is 9.90 Å². The number of rotatable bonds is 4. The molecule has 0 heterocycles. The number of thioether (sulfide) groups is 1. The van der Waals surface area contributed by atoms with Crippen LogP contribution in [0.2, 0.25) is 0 Å². The van der Waals surface area contributed by atoms with E-state index in [2.05, 4.69) is 0 Å². The third-order valence-electron chi connectivity index (χ3n) is 0.950. The number of nitrogens with two attached hydrogens (primary N) is 1. The van der Waals surface area contributed by atoms with Crippen LogP contribution in [0.1, 0.15) is 6.42 Å². The Balaban J connectivity index is 3.27. The first-order valence-corrected chi connectivity index (χ1v) is 4.05. The van der Waals surface area contributed by atoms with E-state index in [1.165, 1.54) is 0 Å². The molecule has 0 saturated carbocycles. The first-order valence-electron chi connectivity index (χ1n) is 2.65. The van der Waals surface area contributed by atoms with Gasteiger partial charge in [-0.1, -0.05) is 0 Å². The van der Waals surface area contributed by atoms with Crippen molar-refractivity contribution in [2.45, 2.75) is 12.5 Å². The van der Waals surface area contributed by atoms with Crippen molar-refractivity contribution in [2.24, 2.45) is 5.73 Å². The second-order valence-corrected chi connectivity index (χ2v) is 2.71. The highest BCUT2D eigenvalue weighted by Crippen LogP contribution is 1.97. The molecule has 54 valence electrons. The van der Waals surface area contributed by atoms with Crippen LogP contribution in [0.5, 0.6) is 0 Å². The summed E-state index contributed by atoms with van der Waals surface area (Å²) in [5.74, 6) is -0.1000. The van der Waals surface area contributed by atoms with Gasteiger partial charge in [0.05, 0.1) is 0 Å². The molecular formula is C5H11NO2S. The minimum Gasteiger partial charge on any atom is -0.480 e. The average Bonchev–Trinajstić information content (AvgIpc) is 1.82. The molecule has 9 heavy (non-hydrogen) atoms. The van der Waals surface area contributed by atoms with Crippen molar-refractivity contribution in [3.05, 3.63) is 0 Å². The van der Waals surface area contributed by atoms with Crippen LogP contribution in [-0.2, 0) is 4.79 Å². The van der Waals surface area contributed by atoms with E-state index in [9.17, 15) is 4.79 Å². The van der Waals surface area contributed by atoms with Gasteiger partial charge in [-0.3, -0.25) is 4.79 Å². The molecule has 0 rings (SSSR count). The normalized spacial score (nSPS) is 13.1. The number of carboxylic acid groups (broad SMARTS) is 1. The second kappa shape index (κ2) is 4.64. The molecule has 1 unspecified atom stereocenters. The van der Waals surface area contributed by atoms with Gasteiger partial charge >= 0.3 is 5.97 Å². The third kappa shape index (κ3) is 4.29. The maximum atomic E-state index is 10.1. The minimum absolute atomic E-state index is 0.552. The smallest absolute Gasteiger partial charge is 0.320 e. The fourth-order valence-electron chi connectivity index (χ4n) is 0.368. The molecule has 0 aromatic heterocycles. The maximum absolute atomic E-state index is 10.1. The Kier molecular flexibility index (Phi) is 4.53. The Bertz CT molecular complexity index is 97.0. The van der Waals surface area contributed by atoms with E-state index in [1.54, 1.807) is 11.8 Å². The molecule has 0 saturated heterocycles. The number of hydrogen-bond acceptors (Lipinski definition) is 3. The van der Waals surface area contributed by atoms with Crippen LogP contribution in [-0.4, -0.2) is 29.1 Å². The van der Waals surface area contributed by atoms with Crippen LogP contribution in [0, 0.1) is 0 Å². The van der Waals surface area contributed by atoms with Gasteiger partial charge in [0, 0.05) is 0 Å². The van der Waals surface area contributed by atoms with Gasteiger partial charge in [0.15, 0.2) is 0 Å². The molecule has 0 amide bonds. The number of aliphatic carboxylic acids is 1. The van der Waals surface area contributed by atoms with Crippen molar-refractivity contribution in [3.8, 4) is 0 Å². The first kappa shape index (κ1) is 8.78. The van der Waals surface area contributed by atoms with Gasteiger partial charge in [0.25, 0.3) is 0 Å². The van der Waals surface area contributed by atoms with Gasteiger partial charge in [-0.05, 0) is 18.4 Å². The van der Waals surface area contributed by atoms with E-state index in [0.29, 0.717) is 6.42 Å². The number of carboxylic acids is 1. The molecule has 4 heteroatoms. The van der Waals surface area contributed by atoms with E-state index in [-0.39, 0.29) is 0 Å². The quantitative estimate of drug-likeness (QED) is 0.602. The Hall–Kier alpha value is -0.220. The zero-order valence-electron chi connectivity index (χ0n) is 5.33. The van der Waals surface area contributed by atoms with E-state index >= 15 is 0 Å². The molecule has 3 N–H and O–H groups in total. The fourth-order valence-corrected chi connectivity index (χ4v) is 0.858. The molecule has 1 atom stereocenters. The van der Waals surface area contributed by atoms with Crippen LogP contribution >= 0.6 is 11.8 Å². The fraction of sp³-hybridized carbons (Fsp3) is 0.800. The number of carbonyl (C=O) groups is 1. The summed E-state index contributed by atoms with van der Waals surface area (Å²) in [4.78, 5) is 10.1. The zero-order valence-corrected chi connectivity index (χ0v) is 6.15. The summed E-state index contributed by atoms with van der Waals surface area (Å²) in [7, 11) is 0. The summed E-state index contributed by atoms with van der Waals surface area (Å²) in [6, 6.07) is -0.683. The minimum atomic E-state index is -0.913. The highest BCUT2D eigenvalue weighted by Gasteiger charge is 2.08. The summed E-state index contributed by atoms with van der Waals surface area (Å²) < 4.78 is 0. The summed E-state index contributed by atoms with van der Waals surface area (Å²) in [5, 5.41) is 8.27. The molecule has 0 aliphatic rings. The molecule has 0 spiro atoms. The molecule has 0 aromatic carbocycles. The van der Waals surface area contributed by atoms with E-state index in [0.717, 1.165) is 5.75 Å². The Labute approximate surface area is 58.6 Å². The monoisotopic (exact) mass is 152 g/mol. The van der Waals surface area contributed by atoms with Gasteiger partial charge in [0.2, 0.25) is 0 Å². The van der Waals surface area contributed by atoms with E-state index < -0.39 is 12.0 Å². The standard InChI is InChI=1S/C5H11NO2S/c1-9-3-2-4(6)5(7)8/h4H,2-3,6H2,1H3,(H,7,8)/i9+3. The Morgan fingerprint density at radius 2 is 2.44 bits per heavy atom. The van der Waals surface area contributed by atoms with Crippen molar-refractivity contribution in [1.82, 2.24) is 0 Å². The Morgan fingerprint density at radius 1 is 1.89 bits per heavy atom. The van der Waals surface area contributed by atoms with Gasteiger partial charge in [-0.2, -0.15) is 11.8 Å². The summed E-state index contributed by atoms with van der Waals surface area (Å²) in [6.07, 6.45) is 2.48. The van der Waals surface area contributed by atoms with E-state index in [1.807, 2.05) is 6.26 Å². The zero-order chi connectivity index (χ0) is 7.28. The van der Waals surface area contributed by atoms with Crippen LogP contribution in [0.3, 0.4) is 0 Å². The molecule has 0 aliphatic carbocycles. The third-order valence-corrected chi connectivity index (χ3v) is 1.59. The van der Waals surface area contributed by atoms with Crippen LogP contribution in [0.4, 0.5) is 0 Å². The lowest BCUT2D eigenvalue weighted by molar-refractivity contribution is -0.138. The molecule has 0 aromatic rings. The maximum Gasteiger partial charge on any atom is 0.320 e. The summed E-state index contributed by atoms with van der Waals surface area (Å²) in [5.41, 5.74) is 5.19. The molecule has 0 aliphatic heterocycles. The topological polar surface area (TPSA) is 63.3 Å². The highest BCUT2D eigenvalue weighted by molar-refractivity contribution is 7.98. The van der Waals surface area contributed by atoms with Gasteiger partial charge in [0.1, 0.15) is 6.04 Å². The predicted octanol–water partition coefficient (Wildman–Crippen LogP) is 0.151. The lowest BCUT2D eigenvalue weighted by atomic mass is 10.2. The SMILES string of the molecule is C[35S]CCC(N)C(=O)O. The van der Waals surface area contributed by atoms with Crippen molar-refractivity contribution >= 4 is 17.7 Å². The lowest BCUT2D eigenvalue weighted by Gasteiger charge is -2.02. The van der Waals surface area contributed by atoms with Crippen molar-refractivity contribution in [1.29, 1.82) is 0 Å². The van der Waals surface area contributed by atoms with Gasteiger partial charge in [-0.25, -0.2) is 0 Å². The van der Waals surface area contributed by atoms with Crippen LogP contribution in [0.25, 0.3) is 0 Å². The molecule has 0 fully saturated rings. The first-order chi connectivity index (χ1) is 4.18. The van der Waals surface area contributed by atoms with Crippen molar-refractivity contribution in [2.75, 3.05) is 12.0 Å². The second-order valence-electron chi connectivity index (χ2n) is 1.73. The van der Waals surface area contributed by atoms with Gasteiger partial charge in [-0.15, -0.1) is 0 Å². The predicted molar refractivity (Wildman–Crippen MR) is 38.6 cm³/mol. The summed E-state index contributed by atoms with van der Waals surface area (Å²) in [6.45, 7) is 0. The number of hydrogen-bond donors (Lipinski definition) is 2. The van der Waals surface area contributed by atoms with Gasteiger partial charge < -0.3 is 10.8 Å². The Morgan fingerprint density at radius 3 is 2.78 bits per heavy atom. The van der Waals surface area contributed by atoms with Crippen molar-refractivity contribution in [3.63, 3.8) is 0 Å². The molecule has 3 nitrogen and oxygen atoms in total. The van der Waals surface area contributed by atoms with E-state index in [4.69, 9.17) is 10.8 Å². The van der Waals surface area contributed by atoms with Crippen LogP contribution in [0.15, 0.2) is 0 Å². The summed E-state index contributed by atoms with van der Waals surface area (Å²) >= 11 is 1.60. The molecular weight excluding hydrogens is 141 g/mol. The van der Waals surface area contributed by atoms with Crippen LogP contribution < -0.4 is 5.73 Å². The molecule has 0 radical (unpaired) electrons. The highest BCUT2D eigenvalue weighted by atomic mass is 35.1. The lowest BCUT2D eigenvalue weighted by Crippen LogP contribution is -2.30. The molecule has 0 bridgehead atoms. The average molecular weight is 152 g/mol. The largest absolute Gasteiger partial charge is 0.480 e.